The standard InChI is InChI=1S/C22H47N3O.C4H8O2.C2HF3O2/c1-2-3-4-5-6-7-8-9-10-11-12-13-18-24-19-14-15-20-25-21-16-17-22(23)26;1-2-3-4(5)6;3-2(4,5)1(6)7/h24-25H,2-21H2,1H3,(H2,23,26);2-3H2,1H3,(H,5,6);(H,6,7). The lowest BCUT2D eigenvalue weighted by Gasteiger charge is -2.06. The average Bonchev–Trinajstić information content (AvgIpc) is 2.85. The molecule has 6 N–H and O–H groups in total. The van der Waals surface area contributed by atoms with Gasteiger partial charge in [-0.25, -0.2) is 4.79 Å². The number of carbonyl (C=O) groups is 3. The molecule has 0 aromatic rings. The molecule has 0 saturated heterocycles. The van der Waals surface area contributed by atoms with E-state index in [2.05, 4.69) is 17.6 Å². The Labute approximate surface area is 234 Å². The van der Waals surface area contributed by atoms with E-state index < -0.39 is 18.1 Å². The zero-order valence-electron chi connectivity index (χ0n) is 24.4. The van der Waals surface area contributed by atoms with E-state index in [0.29, 0.717) is 12.8 Å². The first-order chi connectivity index (χ1) is 18.5. The fraction of sp³-hybridized carbons (Fsp3) is 0.893. The number of nitrogens with one attached hydrogen (secondary N) is 2. The maximum Gasteiger partial charge on any atom is 0.490 e. The first-order valence-corrected chi connectivity index (χ1v) is 14.7. The summed E-state index contributed by atoms with van der Waals surface area (Å²) in [5, 5.41) is 21.9. The topological polar surface area (TPSA) is 142 Å². The van der Waals surface area contributed by atoms with Crippen molar-refractivity contribution in [3.63, 3.8) is 0 Å². The Bertz CT molecular complexity index is 565. The lowest BCUT2D eigenvalue weighted by Crippen LogP contribution is -2.21. The Hall–Kier alpha value is -1.88. The van der Waals surface area contributed by atoms with Gasteiger partial charge in [0.25, 0.3) is 0 Å². The summed E-state index contributed by atoms with van der Waals surface area (Å²) < 4.78 is 31.7. The van der Waals surface area contributed by atoms with Crippen LogP contribution in [0.25, 0.3) is 0 Å². The van der Waals surface area contributed by atoms with Crippen LogP contribution in [0.2, 0.25) is 0 Å². The van der Waals surface area contributed by atoms with Gasteiger partial charge in [0.05, 0.1) is 0 Å². The van der Waals surface area contributed by atoms with Crippen molar-refractivity contribution in [2.24, 2.45) is 5.73 Å². The van der Waals surface area contributed by atoms with Gasteiger partial charge in [-0.05, 0) is 58.3 Å². The minimum absolute atomic E-state index is 0.200. The molecule has 0 fully saturated rings. The van der Waals surface area contributed by atoms with E-state index in [0.717, 1.165) is 32.5 Å². The minimum Gasteiger partial charge on any atom is -0.481 e. The van der Waals surface area contributed by atoms with E-state index in [9.17, 15) is 22.8 Å². The van der Waals surface area contributed by atoms with Gasteiger partial charge in [-0.2, -0.15) is 13.2 Å². The number of aliphatic carboxylic acids is 2. The summed E-state index contributed by atoms with van der Waals surface area (Å²) in [7, 11) is 0. The number of amides is 1. The van der Waals surface area contributed by atoms with E-state index in [1.165, 1.54) is 96.4 Å². The van der Waals surface area contributed by atoms with Crippen molar-refractivity contribution < 1.29 is 37.8 Å². The third-order valence-electron chi connectivity index (χ3n) is 5.65. The summed E-state index contributed by atoms with van der Waals surface area (Å²) in [5.74, 6) is -3.67. The molecule has 11 heteroatoms. The molecule has 0 atom stereocenters. The van der Waals surface area contributed by atoms with Gasteiger partial charge < -0.3 is 26.6 Å². The molecular weight excluding hydrogens is 515 g/mol. The Morgan fingerprint density at radius 3 is 1.21 bits per heavy atom. The number of unbranched alkanes of at least 4 members (excludes halogenated alkanes) is 12. The zero-order valence-corrected chi connectivity index (χ0v) is 24.4. The van der Waals surface area contributed by atoms with Crippen LogP contribution in [0.15, 0.2) is 0 Å². The second-order valence-electron chi connectivity index (χ2n) is 9.61. The molecule has 0 heterocycles. The molecular formula is C28H56F3N3O5. The first-order valence-electron chi connectivity index (χ1n) is 14.7. The van der Waals surface area contributed by atoms with Crippen LogP contribution in [0.3, 0.4) is 0 Å². The fourth-order valence-corrected chi connectivity index (χ4v) is 3.44. The largest absolute Gasteiger partial charge is 0.490 e. The van der Waals surface area contributed by atoms with Gasteiger partial charge in [-0.15, -0.1) is 0 Å². The van der Waals surface area contributed by atoms with Crippen LogP contribution in [0, 0.1) is 0 Å². The Kier molecular flexibility index (Phi) is 34.5. The minimum atomic E-state index is -5.08. The van der Waals surface area contributed by atoms with E-state index in [-0.39, 0.29) is 5.91 Å². The summed E-state index contributed by atoms with van der Waals surface area (Å²) in [4.78, 5) is 29.1. The van der Waals surface area contributed by atoms with E-state index >= 15 is 0 Å². The number of hydrogen-bond donors (Lipinski definition) is 5. The van der Waals surface area contributed by atoms with Crippen molar-refractivity contribution >= 4 is 17.8 Å². The third-order valence-corrected chi connectivity index (χ3v) is 5.65. The van der Waals surface area contributed by atoms with Crippen molar-refractivity contribution in [3.8, 4) is 0 Å². The molecule has 234 valence electrons. The van der Waals surface area contributed by atoms with E-state index in [1.54, 1.807) is 0 Å². The van der Waals surface area contributed by atoms with Crippen molar-refractivity contribution in [2.45, 2.75) is 136 Å². The van der Waals surface area contributed by atoms with Crippen LogP contribution < -0.4 is 16.4 Å². The maximum atomic E-state index is 10.6. The molecule has 0 radical (unpaired) electrons. The van der Waals surface area contributed by atoms with Crippen molar-refractivity contribution in [1.82, 2.24) is 10.6 Å². The Balaban J connectivity index is -0.000000814. The summed E-state index contributed by atoms with van der Waals surface area (Å²) in [6, 6.07) is 0. The molecule has 0 rings (SSSR count). The number of nitrogens with two attached hydrogens (primary N) is 1. The first kappa shape index (κ1) is 41.6. The smallest absolute Gasteiger partial charge is 0.481 e. The Morgan fingerprint density at radius 1 is 0.590 bits per heavy atom. The molecule has 0 aliphatic rings. The summed E-state index contributed by atoms with van der Waals surface area (Å²) in [6.07, 6.45) is 16.7. The van der Waals surface area contributed by atoms with Gasteiger partial charge >= 0.3 is 18.1 Å². The molecule has 0 aromatic carbocycles. The van der Waals surface area contributed by atoms with Crippen molar-refractivity contribution in [2.75, 3.05) is 26.2 Å². The maximum absolute atomic E-state index is 10.6. The predicted molar refractivity (Wildman–Crippen MR) is 151 cm³/mol. The van der Waals surface area contributed by atoms with E-state index in [1.807, 2.05) is 6.92 Å². The number of rotatable bonds is 24. The summed E-state index contributed by atoms with van der Waals surface area (Å²) in [6.45, 7) is 8.36. The fourth-order valence-electron chi connectivity index (χ4n) is 3.44. The van der Waals surface area contributed by atoms with Gasteiger partial charge in [-0.3, -0.25) is 9.59 Å². The highest BCUT2D eigenvalue weighted by molar-refractivity contribution is 5.73. The number of carboxylic acids is 2. The van der Waals surface area contributed by atoms with Crippen LogP contribution in [0.4, 0.5) is 13.2 Å². The quantitative estimate of drug-likeness (QED) is 0.0842. The van der Waals surface area contributed by atoms with Crippen LogP contribution in [-0.2, 0) is 14.4 Å². The monoisotopic (exact) mass is 571 g/mol. The van der Waals surface area contributed by atoms with Crippen LogP contribution in [0.5, 0.6) is 0 Å². The normalized spacial score (nSPS) is 10.7. The second-order valence-corrected chi connectivity index (χ2v) is 9.61. The van der Waals surface area contributed by atoms with Crippen molar-refractivity contribution in [3.05, 3.63) is 0 Å². The highest BCUT2D eigenvalue weighted by atomic mass is 19.4. The average molecular weight is 572 g/mol. The number of carbonyl (C=O) groups excluding carboxylic acids is 1. The van der Waals surface area contributed by atoms with Gasteiger partial charge in [0.1, 0.15) is 0 Å². The number of halogens is 3. The second kappa shape index (κ2) is 32.3. The molecule has 8 nitrogen and oxygen atoms in total. The van der Waals surface area contributed by atoms with Crippen LogP contribution >= 0.6 is 0 Å². The molecule has 0 spiro atoms. The van der Waals surface area contributed by atoms with Crippen LogP contribution in [-0.4, -0.2) is 60.4 Å². The number of hydrogen-bond acceptors (Lipinski definition) is 5. The predicted octanol–water partition coefficient (Wildman–Crippen LogP) is 6.42. The lowest BCUT2D eigenvalue weighted by molar-refractivity contribution is -0.192. The zero-order chi connectivity index (χ0) is 30.2. The van der Waals surface area contributed by atoms with E-state index in [4.69, 9.17) is 20.7 Å². The van der Waals surface area contributed by atoms with Gasteiger partial charge in [0.2, 0.25) is 5.91 Å². The highest BCUT2D eigenvalue weighted by Gasteiger charge is 2.38. The number of primary amides is 1. The molecule has 0 aliphatic heterocycles. The third kappa shape index (κ3) is 46.4. The van der Waals surface area contributed by atoms with Gasteiger partial charge in [0, 0.05) is 12.8 Å². The Morgan fingerprint density at radius 2 is 0.923 bits per heavy atom. The van der Waals surface area contributed by atoms with Crippen LogP contribution in [0.1, 0.15) is 129 Å². The molecule has 0 aromatic heterocycles. The molecule has 0 aliphatic carbocycles. The van der Waals surface area contributed by atoms with Gasteiger partial charge in [-0.1, -0.05) is 84.5 Å². The highest BCUT2D eigenvalue weighted by Crippen LogP contribution is 2.13. The lowest BCUT2D eigenvalue weighted by atomic mass is 10.1. The molecule has 39 heavy (non-hydrogen) atoms. The molecule has 1 amide bonds. The summed E-state index contributed by atoms with van der Waals surface area (Å²) >= 11 is 0. The molecule has 0 saturated carbocycles. The van der Waals surface area contributed by atoms with Gasteiger partial charge in [0.15, 0.2) is 0 Å². The number of alkyl halides is 3. The molecule has 0 bridgehead atoms. The summed E-state index contributed by atoms with van der Waals surface area (Å²) in [5.41, 5.74) is 5.10. The SMILES string of the molecule is CCCC(=O)O.CCCCCCCCCCCCCCNCCCCNCCCC(N)=O.O=C(O)C(F)(F)F. The number of carboxylic acid groups (broad SMARTS) is 2. The van der Waals surface area contributed by atoms with Crippen molar-refractivity contribution in [1.29, 1.82) is 0 Å². The molecule has 0 unspecified atom stereocenters.